The van der Waals surface area contributed by atoms with Gasteiger partial charge in [0.15, 0.2) is 0 Å². The van der Waals surface area contributed by atoms with E-state index in [9.17, 15) is 0 Å². The van der Waals surface area contributed by atoms with Crippen molar-refractivity contribution in [3.63, 3.8) is 0 Å². The Kier molecular flexibility index (Phi) is 5.07. The third kappa shape index (κ3) is 3.39. The maximum absolute atomic E-state index is 5.38. The predicted octanol–water partition coefficient (Wildman–Crippen LogP) is 10.4. The molecule has 0 saturated carbocycles. The van der Waals surface area contributed by atoms with Gasteiger partial charge in [-0.25, -0.2) is 4.98 Å². The second kappa shape index (κ2) is 9.10. The van der Waals surface area contributed by atoms with Crippen LogP contribution in [-0.2, 0) is 0 Å². The minimum Gasteiger partial charge on any atom is -0.292 e. The fourth-order valence-corrected chi connectivity index (χ4v) is 7.64. The first-order valence-corrected chi connectivity index (χ1v) is 14.9. The number of aromatic nitrogens is 3. The number of pyridine rings is 1. The highest BCUT2D eigenvalue weighted by Gasteiger charge is 2.20. The van der Waals surface area contributed by atoms with Crippen LogP contribution in [0.25, 0.3) is 81.0 Å². The van der Waals surface area contributed by atoms with E-state index in [1.807, 2.05) is 23.7 Å². The molecule has 3 heterocycles. The van der Waals surface area contributed by atoms with Crippen LogP contribution in [0, 0.1) is 0 Å². The molecule has 42 heavy (non-hydrogen) atoms. The number of rotatable bonds is 3. The second-order valence-corrected chi connectivity index (χ2v) is 11.7. The maximum atomic E-state index is 5.38. The van der Waals surface area contributed by atoms with Crippen LogP contribution in [-0.4, -0.2) is 14.5 Å². The Labute approximate surface area is 246 Å². The molecular formula is C38H23N3S. The second-order valence-electron chi connectivity index (χ2n) is 10.6. The molecule has 0 spiro atoms. The molecule has 0 fully saturated rings. The van der Waals surface area contributed by atoms with Crippen LogP contribution in [0.4, 0.5) is 0 Å². The van der Waals surface area contributed by atoms with Gasteiger partial charge < -0.3 is 0 Å². The average Bonchev–Trinajstić information content (AvgIpc) is 3.65. The van der Waals surface area contributed by atoms with Gasteiger partial charge >= 0.3 is 0 Å². The third-order valence-electron chi connectivity index (χ3n) is 8.28. The number of benzene rings is 6. The zero-order chi connectivity index (χ0) is 27.6. The summed E-state index contributed by atoms with van der Waals surface area (Å²) in [6, 6.07) is 45.5. The van der Waals surface area contributed by atoms with Gasteiger partial charge in [-0.3, -0.25) is 9.55 Å². The first-order valence-electron chi connectivity index (χ1n) is 14.1. The van der Waals surface area contributed by atoms with E-state index in [4.69, 9.17) is 4.98 Å². The first-order chi connectivity index (χ1) is 20.8. The van der Waals surface area contributed by atoms with Gasteiger partial charge in [-0.1, -0.05) is 109 Å². The van der Waals surface area contributed by atoms with Gasteiger partial charge in [-0.2, -0.15) is 0 Å². The van der Waals surface area contributed by atoms with Crippen LogP contribution in [0.3, 0.4) is 0 Å². The van der Waals surface area contributed by atoms with Crippen molar-refractivity contribution in [1.82, 2.24) is 14.5 Å². The lowest BCUT2D eigenvalue weighted by molar-refractivity contribution is 1.11. The molecule has 3 nitrogen and oxygen atoms in total. The summed E-state index contributed by atoms with van der Waals surface area (Å²) in [6.45, 7) is 0. The standard InChI is InChI=1S/C38H23N3S/c1-2-10-24(11-3-1)38-40-35-31-16-6-4-14-28(31)29-15-5-7-17-32(29)36(35)41(38)26-13-8-12-25(22-26)27-18-9-19-33-30-20-21-39-23-34(30)42-37(27)33/h1-23H. The molecule has 0 bridgehead atoms. The lowest BCUT2D eigenvalue weighted by atomic mass is 9.99. The summed E-state index contributed by atoms with van der Waals surface area (Å²) < 4.78 is 4.85. The van der Waals surface area contributed by atoms with Gasteiger partial charge in [0, 0.05) is 49.9 Å². The smallest absolute Gasteiger partial charge is 0.145 e. The van der Waals surface area contributed by atoms with E-state index in [0.29, 0.717) is 0 Å². The summed E-state index contributed by atoms with van der Waals surface area (Å²) in [7, 11) is 0. The van der Waals surface area contributed by atoms with Crippen LogP contribution < -0.4 is 0 Å². The molecule has 0 saturated heterocycles. The molecule has 6 aromatic carbocycles. The molecule has 0 atom stereocenters. The van der Waals surface area contributed by atoms with Crippen LogP contribution in [0.15, 0.2) is 140 Å². The average molecular weight is 554 g/mol. The van der Waals surface area contributed by atoms with Crippen LogP contribution in [0.2, 0.25) is 0 Å². The Morgan fingerprint density at radius 2 is 1.24 bits per heavy atom. The molecule has 0 amide bonds. The van der Waals surface area contributed by atoms with Crippen LogP contribution in [0.1, 0.15) is 0 Å². The summed E-state index contributed by atoms with van der Waals surface area (Å²) in [5.74, 6) is 0.940. The van der Waals surface area contributed by atoms with E-state index in [-0.39, 0.29) is 0 Å². The Morgan fingerprint density at radius 1 is 0.548 bits per heavy atom. The minimum atomic E-state index is 0.940. The van der Waals surface area contributed by atoms with Crippen LogP contribution >= 0.6 is 11.3 Å². The Morgan fingerprint density at radius 3 is 2.10 bits per heavy atom. The highest BCUT2D eigenvalue weighted by atomic mass is 32.1. The summed E-state index contributed by atoms with van der Waals surface area (Å²) in [6.07, 6.45) is 3.85. The van der Waals surface area contributed by atoms with E-state index in [0.717, 1.165) is 28.1 Å². The van der Waals surface area contributed by atoms with Crippen LogP contribution in [0.5, 0.6) is 0 Å². The topological polar surface area (TPSA) is 30.7 Å². The molecule has 0 radical (unpaired) electrons. The van der Waals surface area contributed by atoms with Gasteiger partial charge in [0.25, 0.3) is 0 Å². The van der Waals surface area contributed by atoms with Crippen molar-refractivity contribution in [2.45, 2.75) is 0 Å². The highest BCUT2D eigenvalue weighted by molar-refractivity contribution is 7.26. The fraction of sp³-hybridized carbons (Fsp3) is 0. The Bertz CT molecular complexity index is 2470. The summed E-state index contributed by atoms with van der Waals surface area (Å²) in [4.78, 5) is 9.75. The minimum absolute atomic E-state index is 0.940. The molecule has 0 unspecified atom stereocenters. The van der Waals surface area contributed by atoms with Crippen molar-refractivity contribution in [2.24, 2.45) is 0 Å². The summed E-state index contributed by atoms with van der Waals surface area (Å²) in [5, 5.41) is 7.36. The largest absolute Gasteiger partial charge is 0.292 e. The van der Waals surface area contributed by atoms with E-state index >= 15 is 0 Å². The van der Waals surface area contributed by atoms with Gasteiger partial charge in [-0.05, 0) is 40.1 Å². The number of imidazole rings is 1. The van der Waals surface area contributed by atoms with Crippen molar-refractivity contribution in [3.8, 4) is 28.2 Å². The Hall–Kier alpha value is -5.32. The molecule has 4 heteroatoms. The normalized spacial score (nSPS) is 11.8. The first kappa shape index (κ1) is 23.4. The summed E-state index contributed by atoms with van der Waals surface area (Å²) >= 11 is 1.81. The van der Waals surface area contributed by atoms with Crippen molar-refractivity contribution in [3.05, 3.63) is 140 Å². The van der Waals surface area contributed by atoms with E-state index in [1.54, 1.807) is 0 Å². The van der Waals surface area contributed by atoms with E-state index < -0.39 is 0 Å². The molecule has 196 valence electrons. The Balaban J connectivity index is 1.38. The molecule has 0 aliphatic heterocycles. The van der Waals surface area contributed by atoms with E-state index in [2.05, 4.69) is 137 Å². The maximum Gasteiger partial charge on any atom is 0.145 e. The molecule has 0 N–H and O–H groups in total. The molecule has 9 rings (SSSR count). The number of thiophene rings is 1. The van der Waals surface area contributed by atoms with Crippen molar-refractivity contribution in [1.29, 1.82) is 0 Å². The van der Waals surface area contributed by atoms with Gasteiger partial charge in [0.1, 0.15) is 5.82 Å². The van der Waals surface area contributed by atoms with E-state index in [1.165, 1.54) is 52.8 Å². The number of hydrogen-bond donors (Lipinski definition) is 0. The van der Waals surface area contributed by atoms with Crippen molar-refractivity contribution < 1.29 is 0 Å². The zero-order valence-electron chi connectivity index (χ0n) is 22.5. The van der Waals surface area contributed by atoms with Gasteiger partial charge in [0.05, 0.1) is 15.7 Å². The number of fused-ring (bicyclic) bond motifs is 9. The molecule has 3 aromatic heterocycles. The molecular weight excluding hydrogens is 531 g/mol. The van der Waals surface area contributed by atoms with Crippen molar-refractivity contribution in [2.75, 3.05) is 0 Å². The quantitative estimate of drug-likeness (QED) is 0.204. The number of nitrogens with zero attached hydrogens (tertiary/aromatic N) is 3. The fourth-order valence-electron chi connectivity index (χ4n) is 6.43. The zero-order valence-corrected chi connectivity index (χ0v) is 23.3. The number of hydrogen-bond acceptors (Lipinski definition) is 3. The van der Waals surface area contributed by atoms with Gasteiger partial charge in [-0.15, -0.1) is 11.3 Å². The monoisotopic (exact) mass is 553 g/mol. The highest BCUT2D eigenvalue weighted by Crippen LogP contribution is 2.42. The van der Waals surface area contributed by atoms with Gasteiger partial charge in [0.2, 0.25) is 0 Å². The molecule has 9 aromatic rings. The van der Waals surface area contributed by atoms with Crippen molar-refractivity contribution >= 4 is 64.1 Å². The summed E-state index contributed by atoms with van der Waals surface area (Å²) in [5.41, 5.74) is 6.75. The predicted molar refractivity (Wildman–Crippen MR) is 178 cm³/mol. The molecule has 0 aliphatic carbocycles. The lowest BCUT2D eigenvalue weighted by Crippen LogP contribution is -1.98. The lowest BCUT2D eigenvalue weighted by Gasteiger charge is -2.14. The molecule has 0 aliphatic rings. The SMILES string of the molecule is c1ccc(-c2nc3c4ccccc4c4ccccc4c3n2-c2cccc(-c3cccc4c3sc3cnccc34)c2)cc1. The third-order valence-corrected chi connectivity index (χ3v) is 9.47.